The predicted molar refractivity (Wildman–Crippen MR) is 89.8 cm³/mol. The minimum absolute atomic E-state index is 0.0509. The van der Waals surface area contributed by atoms with Crippen LogP contribution in [0.25, 0.3) is 4.72 Å². The molecule has 0 spiro atoms. The molecule has 0 radical (unpaired) electrons. The van der Waals surface area contributed by atoms with Crippen molar-refractivity contribution >= 4 is 66.9 Å². The van der Waals surface area contributed by atoms with Crippen molar-refractivity contribution in [3.8, 4) is 0 Å². The number of halogens is 5. The van der Waals surface area contributed by atoms with E-state index in [2.05, 4.69) is 9.46 Å². The summed E-state index contributed by atoms with van der Waals surface area (Å²) in [7, 11) is -5.58. The fraction of sp³-hybridized carbons (Fsp3) is 0.300. The molecule has 12 heteroatoms. The maximum Gasteiger partial charge on any atom is 0.480 e. The van der Waals surface area contributed by atoms with Crippen LogP contribution in [-0.2, 0) is 14.8 Å². The Bertz CT molecular complexity index is 679. The van der Waals surface area contributed by atoms with Crippen molar-refractivity contribution in [2.45, 2.75) is 5.51 Å². The second-order valence-corrected chi connectivity index (χ2v) is 7.84. The first-order chi connectivity index (χ1) is 9.95. The molecular weight excluding hydrogens is 555 g/mol. The molecule has 6 nitrogen and oxygen atoms in total. The Labute approximate surface area is 151 Å². The second-order valence-electron chi connectivity index (χ2n) is 3.76. The Balaban J connectivity index is 2.62. The molecule has 0 aliphatic heterocycles. The van der Waals surface area contributed by atoms with Crippen LogP contribution in [0.4, 0.5) is 18.9 Å². The van der Waals surface area contributed by atoms with Gasteiger partial charge in [0, 0.05) is 7.14 Å². The number of benzene rings is 1. The number of nitrogen functional groups attached to an aromatic ring is 1. The number of carbonyl (C=O) groups is 1. The highest BCUT2D eigenvalue weighted by Gasteiger charge is 2.38. The van der Waals surface area contributed by atoms with Gasteiger partial charge in [-0.2, -0.15) is 13.2 Å². The molecule has 2 N–H and O–H groups in total. The van der Waals surface area contributed by atoms with E-state index in [1.54, 1.807) is 6.07 Å². The average Bonchev–Trinajstić information content (AvgIpc) is 2.37. The van der Waals surface area contributed by atoms with Gasteiger partial charge in [0.25, 0.3) is 0 Å². The smallest absolute Gasteiger partial charge is 0.480 e. The van der Waals surface area contributed by atoms with E-state index in [1.165, 1.54) is 6.07 Å². The van der Waals surface area contributed by atoms with Crippen LogP contribution in [0.3, 0.4) is 0 Å². The summed E-state index contributed by atoms with van der Waals surface area (Å²) in [5, 5.41) is 0. The van der Waals surface area contributed by atoms with Crippen molar-refractivity contribution < 1.29 is 31.1 Å². The molecule has 0 amide bonds. The van der Waals surface area contributed by atoms with Gasteiger partial charge in [0.15, 0.2) is 10.0 Å². The van der Waals surface area contributed by atoms with Crippen LogP contribution >= 0.6 is 45.2 Å². The minimum Gasteiger partial charge on any atom is -0.538 e. The summed E-state index contributed by atoms with van der Waals surface area (Å²) >= 11 is 3.87. The first kappa shape index (κ1) is 19.7. The van der Waals surface area contributed by atoms with Crippen LogP contribution in [0.2, 0.25) is 0 Å². The number of hydrogen-bond donors (Lipinski definition) is 1. The number of nitrogens with zero attached hydrogens (tertiary/aromatic N) is 1. The van der Waals surface area contributed by atoms with E-state index < -0.39 is 34.7 Å². The van der Waals surface area contributed by atoms with Gasteiger partial charge >= 0.3 is 11.5 Å². The first-order valence-electron chi connectivity index (χ1n) is 5.37. The van der Waals surface area contributed by atoms with E-state index in [9.17, 15) is 26.4 Å². The number of alkyl halides is 3. The molecule has 1 aromatic rings. The molecular formula is C10H8F3I2N2O4S-. The Morgan fingerprint density at radius 3 is 2.45 bits per heavy atom. The Hall–Kier alpha value is -0.350. The van der Waals surface area contributed by atoms with Gasteiger partial charge in [-0.3, -0.25) is 0 Å². The summed E-state index contributed by atoms with van der Waals surface area (Å²) in [6.07, 6.45) is 0. The van der Waals surface area contributed by atoms with Gasteiger partial charge in [0.2, 0.25) is 0 Å². The molecule has 0 saturated heterocycles. The highest BCUT2D eigenvalue weighted by Crippen LogP contribution is 2.27. The van der Waals surface area contributed by atoms with Crippen molar-refractivity contribution in [2.24, 2.45) is 0 Å². The molecule has 0 aromatic heterocycles. The Morgan fingerprint density at radius 1 is 1.32 bits per heavy atom. The lowest BCUT2D eigenvalue weighted by Crippen LogP contribution is -2.23. The molecule has 0 atom stereocenters. The standard InChI is InChI=1S/C10H8F3I2N2O4S/c11-10(12,13)22(19,20)17-1-2-21-9(18)6-3-5(14)4-7(15)8(6)16/h3-4H,1-2H2,(H2,16,18)/q-1. The van der Waals surface area contributed by atoms with Crippen LogP contribution in [0.15, 0.2) is 12.1 Å². The van der Waals surface area contributed by atoms with E-state index in [1.807, 2.05) is 45.2 Å². The normalized spacial score (nSPS) is 12.2. The van der Waals surface area contributed by atoms with E-state index in [0.717, 1.165) is 0 Å². The lowest BCUT2D eigenvalue weighted by atomic mass is 10.2. The molecule has 0 unspecified atom stereocenters. The van der Waals surface area contributed by atoms with Crippen LogP contribution in [0, 0.1) is 7.14 Å². The summed E-state index contributed by atoms with van der Waals surface area (Å²) in [5.74, 6) is -0.867. The average molecular weight is 563 g/mol. The molecule has 1 rings (SSSR count). The molecule has 0 heterocycles. The number of hydrogen-bond acceptors (Lipinski definition) is 5. The van der Waals surface area contributed by atoms with Gasteiger partial charge in [-0.1, -0.05) is 0 Å². The van der Waals surface area contributed by atoms with Crippen LogP contribution < -0.4 is 5.73 Å². The van der Waals surface area contributed by atoms with E-state index in [-0.39, 0.29) is 11.3 Å². The largest absolute Gasteiger partial charge is 0.538 e. The van der Waals surface area contributed by atoms with Crippen molar-refractivity contribution in [3.63, 3.8) is 0 Å². The maximum absolute atomic E-state index is 12.0. The number of carbonyl (C=O) groups excluding carboxylic acids is 1. The van der Waals surface area contributed by atoms with Gasteiger partial charge in [0.1, 0.15) is 0 Å². The molecule has 0 aliphatic carbocycles. The number of ether oxygens (including phenoxy) is 1. The highest BCUT2D eigenvalue weighted by atomic mass is 127. The number of esters is 1. The van der Waals surface area contributed by atoms with Crippen LogP contribution in [-0.4, -0.2) is 33.0 Å². The number of nitrogens with two attached hydrogens (primary N) is 1. The number of rotatable bonds is 5. The zero-order chi connectivity index (χ0) is 17.1. The fourth-order valence-corrected chi connectivity index (χ4v) is 3.51. The lowest BCUT2D eigenvalue weighted by Gasteiger charge is -2.21. The molecule has 0 fully saturated rings. The molecule has 0 bridgehead atoms. The fourth-order valence-electron chi connectivity index (χ4n) is 1.20. The zero-order valence-corrected chi connectivity index (χ0v) is 15.7. The van der Waals surface area contributed by atoms with Gasteiger partial charge in [-0.25, -0.2) is 13.2 Å². The quantitative estimate of drug-likeness (QED) is 0.257. The third-order valence-corrected chi connectivity index (χ3v) is 4.82. The lowest BCUT2D eigenvalue weighted by molar-refractivity contribution is -0.0427. The van der Waals surface area contributed by atoms with Crippen molar-refractivity contribution in [3.05, 3.63) is 29.6 Å². The van der Waals surface area contributed by atoms with Crippen molar-refractivity contribution in [1.82, 2.24) is 0 Å². The maximum atomic E-state index is 12.0. The van der Waals surface area contributed by atoms with E-state index in [0.29, 0.717) is 7.14 Å². The molecule has 0 aliphatic rings. The summed E-state index contributed by atoms with van der Waals surface area (Å²) in [6.45, 7) is -1.44. The monoisotopic (exact) mass is 563 g/mol. The number of sulfonamides is 1. The summed E-state index contributed by atoms with van der Waals surface area (Å²) in [5.41, 5.74) is 0.461. The van der Waals surface area contributed by atoms with E-state index >= 15 is 0 Å². The predicted octanol–water partition coefficient (Wildman–Crippen LogP) is 2.86. The van der Waals surface area contributed by atoms with Crippen molar-refractivity contribution in [1.29, 1.82) is 0 Å². The molecule has 124 valence electrons. The highest BCUT2D eigenvalue weighted by molar-refractivity contribution is 14.1. The topological polar surface area (TPSA) is 101 Å². The van der Waals surface area contributed by atoms with E-state index in [4.69, 9.17) is 5.73 Å². The van der Waals surface area contributed by atoms with Crippen LogP contribution in [0.5, 0.6) is 0 Å². The third kappa shape index (κ3) is 5.09. The second kappa shape index (κ2) is 7.48. The van der Waals surface area contributed by atoms with Crippen molar-refractivity contribution in [2.75, 3.05) is 18.9 Å². The van der Waals surface area contributed by atoms with Gasteiger partial charge in [0.05, 0.1) is 17.9 Å². The minimum atomic E-state index is -5.58. The molecule has 22 heavy (non-hydrogen) atoms. The molecule has 0 saturated carbocycles. The van der Waals surface area contributed by atoms with Crippen LogP contribution in [0.1, 0.15) is 10.4 Å². The first-order valence-corrected chi connectivity index (χ1v) is 8.97. The summed E-state index contributed by atoms with van der Waals surface area (Å²) in [6, 6.07) is 3.17. The Kier molecular flexibility index (Phi) is 6.70. The summed E-state index contributed by atoms with van der Waals surface area (Å²) < 4.78 is 65.9. The molecule has 1 aromatic carbocycles. The third-order valence-electron chi connectivity index (χ3n) is 2.19. The number of anilines is 1. The summed E-state index contributed by atoms with van der Waals surface area (Å²) in [4.78, 5) is 11.8. The SMILES string of the molecule is Nc1c(I)cc(I)cc1C(=O)OCC[N-]S(=O)(=O)C(F)(F)F. The van der Waals surface area contributed by atoms with Gasteiger partial charge < -0.3 is 15.2 Å². The Morgan fingerprint density at radius 2 is 1.91 bits per heavy atom. The van der Waals surface area contributed by atoms with Gasteiger partial charge in [-0.05, 0) is 57.3 Å². The van der Waals surface area contributed by atoms with Gasteiger partial charge in [-0.15, -0.1) is 6.54 Å². The zero-order valence-electron chi connectivity index (χ0n) is 10.5.